The average molecular weight is 408 g/mol. The molecule has 1 aliphatic rings. The van der Waals surface area contributed by atoms with Crippen LogP contribution in [-0.2, 0) is 17.3 Å². The lowest BCUT2D eigenvalue weighted by atomic mass is 9.88. The van der Waals surface area contributed by atoms with E-state index < -0.39 is 11.8 Å². The van der Waals surface area contributed by atoms with Crippen molar-refractivity contribution in [2.75, 3.05) is 20.7 Å². The quantitative estimate of drug-likeness (QED) is 0.470. The second-order valence-electron chi connectivity index (χ2n) is 8.15. The van der Waals surface area contributed by atoms with Gasteiger partial charge in [-0.3, -0.25) is 9.69 Å². The van der Waals surface area contributed by atoms with Gasteiger partial charge in [-0.2, -0.15) is 0 Å². The highest BCUT2D eigenvalue weighted by atomic mass is 19.1. The van der Waals surface area contributed by atoms with Crippen molar-refractivity contribution in [2.24, 2.45) is 7.05 Å². The van der Waals surface area contributed by atoms with Crippen LogP contribution in [0.1, 0.15) is 46.0 Å². The summed E-state index contributed by atoms with van der Waals surface area (Å²) in [4.78, 5) is 26.7. The van der Waals surface area contributed by atoms with Crippen molar-refractivity contribution >= 4 is 23.2 Å². The third-order valence-corrected chi connectivity index (χ3v) is 6.61. The lowest BCUT2D eigenvalue weighted by Gasteiger charge is -2.33. The van der Waals surface area contributed by atoms with Crippen LogP contribution in [0.3, 0.4) is 0 Å². The van der Waals surface area contributed by atoms with Gasteiger partial charge in [0.15, 0.2) is 6.29 Å². The highest BCUT2D eigenvalue weighted by Gasteiger charge is 2.35. The van der Waals surface area contributed by atoms with Crippen molar-refractivity contribution in [3.63, 3.8) is 0 Å². The molecule has 0 aliphatic carbocycles. The summed E-state index contributed by atoms with van der Waals surface area (Å²) in [6.45, 7) is 3.31. The summed E-state index contributed by atoms with van der Waals surface area (Å²) in [5, 5.41) is 0.405. The van der Waals surface area contributed by atoms with E-state index in [4.69, 9.17) is 4.74 Å². The normalized spacial score (nSPS) is 19.4. The highest BCUT2D eigenvalue weighted by molar-refractivity contribution is 6.13. The summed E-state index contributed by atoms with van der Waals surface area (Å²) in [7, 11) is 5.15. The van der Waals surface area contributed by atoms with Gasteiger partial charge in [0, 0.05) is 23.5 Å². The molecule has 0 spiro atoms. The van der Waals surface area contributed by atoms with Gasteiger partial charge < -0.3 is 9.30 Å². The third-order valence-electron chi connectivity index (χ3n) is 6.61. The Hall–Kier alpha value is -2.99. The standard InChI is InChI=1S/C24H25FN2O3/c1-24(10-5-11-26(24)2)16-8-6-15(7-9-16)22-19(14-28)21-18(23(29)30-4)12-17(25)13-20(21)27(22)3/h6-9,12-14H,5,10-11H2,1-4H3. The van der Waals surface area contributed by atoms with Gasteiger partial charge in [-0.05, 0) is 56.6 Å². The Morgan fingerprint density at radius 1 is 1.20 bits per heavy atom. The number of aryl methyl sites for hydroxylation is 1. The molecule has 1 fully saturated rings. The van der Waals surface area contributed by atoms with Gasteiger partial charge in [0.1, 0.15) is 5.82 Å². The van der Waals surface area contributed by atoms with Crippen molar-refractivity contribution in [3.05, 3.63) is 58.9 Å². The second-order valence-corrected chi connectivity index (χ2v) is 8.15. The predicted molar refractivity (Wildman–Crippen MR) is 114 cm³/mol. The molecule has 6 heteroatoms. The van der Waals surface area contributed by atoms with E-state index in [2.05, 4.69) is 31.0 Å². The van der Waals surface area contributed by atoms with E-state index in [1.54, 1.807) is 11.6 Å². The highest BCUT2D eigenvalue weighted by Crippen LogP contribution is 2.39. The number of halogens is 1. The first-order valence-electron chi connectivity index (χ1n) is 9.99. The van der Waals surface area contributed by atoms with Crippen LogP contribution < -0.4 is 0 Å². The molecule has 0 bridgehead atoms. The molecule has 2 heterocycles. The van der Waals surface area contributed by atoms with Gasteiger partial charge in [-0.25, -0.2) is 9.18 Å². The van der Waals surface area contributed by atoms with Crippen molar-refractivity contribution in [1.29, 1.82) is 0 Å². The van der Waals surface area contributed by atoms with Gasteiger partial charge in [0.25, 0.3) is 0 Å². The summed E-state index contributed by atoms with van der Waals surface area (Å²) >= 11 is 0. The Kier molecular flexibility index (Phi) is 4.98. The first-order valence-corrected chi connectivity index (χ1v) is 9.99. The van der Waals surface area contributed by atoms with Crippen LogP contribution in [0, 0.1) is 5.82 Å². The van der Waals surface area contributed by atoms with Crippen LogP contribution in [0.2, 0.25) is 0 Å². The number of aldehydes is 1. The summed E-state index contributed by atoms with van der Waals surface area (Å²) in [5.41, 5.74) is 3.56. The zero-order chi connectivity index (χ0) is 21.6. The van der Waals surface area contributed by atoms with E-state index >= 15 is 0 Å². The molecule has 0 N–H and O–H groups in total. The Morgan fingerprint density at radius 2 is 1.90 bits per heavy atom. The predicted octanol–water partition coefficient (Wildman–Crippen LogP) is 4.52. The number of methoxy groups -OCH3 is 1. The maximum atomic E-state index is 14.2. The molecule has 4 rings (SSSR count). The fraction of sp³-hybridized carbons (Fsp3) is 0.333. The Bertz CT molecular complexity index is 1150. The van der Waals surface area contributed by atoms with Crippen LogP contribution in [-0.4, -0.2) is 42.4 Å². The number of benzene rings is 2. The summed E-state index contributed by atoms with van der Waals surface area (Å²) < 4.78 is 20.8. The van der Waals surface area contributed by atoms with E-state index in [1.807, 2.05) is 12.1 Å². The van der Waals surface area contributed by atoms with Gasteiger partial charge in [-0.15, -0.1) is 0 Å². The fourth-order valence-electron chi connectivity index (χ4n) is 4.74. The van der Waals surface area contributed by atoms with E-state index in [0.717, 1.165) is 37.3 Å². The molecular weight excluding hydrogens is 383 g/mol. The zero-order valence-corrected chi connectivity index (χ0v) is 17.7. The number of hydrogen-bond acceptors (Lipinski definition) is 4. The second kappa shape index (κ2) is 7.36. The van der Waals surface area contributed by atoms with E-state index in [9.17, 15) is 14.0 Å². The number of rotatable bonds is 4. The number of ether oxygens (including phenoxy) is 1. The lowest BCUT2D eigenvalue weighted by Crippen LogP contribution is -2.35. The number of fused-ring (bicyclic) bond motifs is 1. The lowest BCUT2D eigenvalue weighted by molar-refractivity contribution is 0.0602. The first kappa shape index (κ1) is 20.3. The molecule has 2 aromatic carbocycles. The Labute approximate surface area is 175 Å². The molecular formula is C24H25FN2O3. The van der Waals surface area contributed by atoms with Crippen LogP contribution in [0.5, 0.6) is 0 Å². The zero-order valence-electron chi connectivity index (χ0n) is 17.7. The minimum Gasteiger partial charge on any atom is -0.465 e. The monoisotopic (exact) mass is 408 g/mol. The number of esters is 1. The van der Waals surface area contributed by atoms with E-state index in [0.29, 0.717) is 22.2 Å². The third kappa shape index (κ3) is 2.94. The van der Waals surface area contributed by atoms with Crippen molar-refractivity contribution in [3.8, 4) is 11.3 Å². The van der Waals surface area contributed by atoms with Crippen LogP contribution in [0.4, 0.5) is 4.39 Å². The summed E-state index contributed by atoms with van der Waals surface area (Å²) in [6.07, 6.45) is 2.98. The number of aromatic nitrogens is 1. The molecule has 1 saturated heterocycles. The number of nitrogens with zero attached hydrogens (tertiary/aromatic N) is 2. The van der Waals surface area contributed by atoms with Gasteiger partial charge >= 0.3 is 5.97 Å². The minimum absolute atomic E-state index is 0.00781. The number of carbonyl (C=O) groups is 2. The minimum atomic E-state index is -0.674. The van der Waals surface area contributed by atoms with Gasteiger partial charge in [0.05, 0.1) is 23.9 Å². The van der Waals surface area contributed by atoms with Gasteiger partial charge in [-0.1, -0.05) is 24.3 Å². The van der Waals surface area contributed by atoms with E-state index in [-0.39, 0.29) is 11.1 Å². The molecule has 3 aromatic rings. The SMILES string of the molecule is COC(=O)c1cc(F)cc2c1c(C=O)c(-c1ccc(C3(C)CCCN3C)cc1)n2C. The number of likely N-dealkylation sites (tertiary alicyclic amines) is 1. The molecule has 0 radical (unpaired) electrons. The summed E-state index contributed by atoms with van der Waals surface area (Å²) in [6, 6.07) is 10.6. The van der Waals surface area contributed by atoms with Crippen molar-refractivity contribution in [2.45, 2.75) is 25.3 Å². The van der Waals surface area contributed by atoms with Crippen molar-refractivity contribution < 1.29 is 18.7 Å². The van der Waals surface area contributed by atoms with Crippen LogP contribution in [0.15, 0.2) is 36.4 Å². The summed E-state index contributed by atoms with van der Waals surface area (Å²) in [5.74, 6) is -1.23. The maximum absolute atomic E-state index is 14.2. The molecule has 156 valence electrons. The topological polar surface area (TPSA) is 51.5 Å². The van der Waals surface area contributed by atoms with Gasteiger partial charge in [0.2, 0.25) is 0 Å². The Morgan fingerprint density at radius 3 is 2.47 bits per heavy atom. The molecule has 0 amide bonds. The molecule has 5 nitrogen and oxygen atoms in total. The molecule has 1 unspecified atom stereocenters. The maximum Gasteiger partial charge on any atom is 0.338 e. The van der Waals surface area contributed by atoms with Crippen LogP contribution in [0.25, 0.3) is 22.2 Å². The molecule has 0 saturated carbocycles. The fourth-order valence-corrected chi connectivity index (χ4v) is 4.74. The van der Waals surface area contributed by atoms with Crippen LogP contribution >= 0.6 is 0 Å². The molecule has 1 aromatic heterocycles. The molecule has 1 aliphatic heterocycles. The smallest absolute Gasteiger partial charge is 0.338 e. The largest absolute Gasteiger partial charge is 0.465 e. The molecule has 30 heavy (non-hydrogen) atoms. The molecule has 1 atom stereocenters. The average Bonchev–Trinajstić information content (AvgIpc) is 3.24. The number of carbonyl (C=O) groups excluding carboxylic acids is 2. The van der Waals surface area contributed by atoms with Crippen molar-refractivity contribution in [1.82, 2.24) is 9.47 Å². The first-order chi connectivity index (χ1) is 14.3. The van der Waals surface area contributed by atoms with E-state index in [1.165, 1.54) is 18.7 Å². The number of hydrogen-bond donors (Lipinski definition) is 0. The Balaban J connectivity index is 1.90.